The van der Waals surface area contributed by atoms with E-state index in [-0.39, 0.29) is 5.95 Å². The summed E-state index contributed by atoms with van der Waals surface area (Å²) in [7, 11) is 0. The fourth-order valence-electron chi connectivity index (χ4n) is 1.41. The lowest BCUT2D eigenvalue weighted by atomic mass is 10.3. The average molecular weight is 246 g/mol. The molecule has 0 aliphatic carbocycles. The molecule has 1 aromatic rings. The largest absolute Gasteiger partial charge is 0.377 e. The Kier molecular flexibility index (Phi) is 3.66. The third-order valence-corrected chi connectivity index (χ3v) is 3.67. The molecule has 0 radical (unpaired) electrons. The Morgan fingerprint density at radius 1 is 1.67 bits per heavy atom. The van der Waals surface area contributed by atoms with Crippen molar-refractivity contribution in [3.63, 3.8) is 0 Å². The van der Waals surface area contributed by atoms with Crippen molar-refractivity contribution in [2.24, 2.45) is 0 Å². The standard InChI is InChI=1S/C9H12ClN3OS/c10-7-4-12-9(11)13-8(7)15-5-6-2-1-3-14-6/h4,6H,1-3,5H2,(H2,11,12,13). The highest BCUT2D eigenvalue weighted by atomic mass is 35.5. The van der Waals surface area contributed by atoms with Gasteiger partial charge in [-0.1, -0.05) is 11.6 Å². The molecule has 0 spiro atoms. The molecule has 6 heteroatoms. The molecule has 1 aliphatic heterocycles. The van der Waals surface area contributed by atoms with E-state index in [0.717, 1.165) is 30.2 Å². The first-order valence-electron chi connectivity index (χ1n) is 4.78. The lowest BCUT2D eigenvalue weighted by molar-refractivity contribution is 0.129. The molecule has 1 aromatic heterocycles. The fourth-order valence-corrected chi connectivity index (χ4v) is 2.62. The summed E-state index contributed by atoms with van der Waals surface area (Å²) in [5.74, 6) is 1.13. The van der Waals surface area contributed by atoms with Gasteiger partial charge in [0.2, 0.25) is 5.95 Å². The van der Waals surface area contributed by atoms with Crippen molar-refractivity contribution < 1.29 is 4.74 Å². The predicted molar refractivity (Wildman–Crippen MR) is 61.2 cm³/mol. The first-order chi connectivity index (χ1) is 7.25. The van der Waals surface area contributed by atoms with Gasteiger partial charge in [0.1, 0.15) is 5.03 Å². The third kappa shape index (κ3) is 2.96. The van der Waals surface area contributed by atoms with Crippen LogP contribution in [0, 0.1) is 0 Å². The molecule has 15 heavy (non-hydrogen) atoms. The number of anilines is 1. The maximum Gasteiger partial charge on any atom is 0.221 e. The van der Waals surface area contributed by atoms with E-state index in [4.69, 9.17) is 22.1 Å². The SMILES string of the molecule is Nc1ncc(Cl)c(SCC2CCCO2)n1. The first kappa shape index (κ1) is 11.0. The number of nitrogen functional groups attached to an aromatic ring is 1. The summed E-state index contributed by atoms with van der Waals surface area (Å²) in [6.07, 6.45) is 4.11. The van der Waals surface area contributed by atoms with Gasteiger partial charge >= 0.3 is 0 Å². The highest BCUT2D eigenvalue weighted by molar-refractivity contribution is 7.99. The molecule has 1 unspecified atom stereocenters. The maximum atomic E-state index is 5.94. The van der Waals surface area contributed by atoms with Crippen LogP contribution < -0.4 is 5.73 Å². The van der Waals surface area contributed by atoms with E-state index < -0.39 is 0 Å². The molecule has 1 atom stereocenters. The Morgan fingerprint density at radius 3 is 3.27 bits per heavy atom. The Morgan fingerprint density at radius 2 is 2.53 bits per heavy atom. The summed E-state index contributed by atoms with van der Waals surface area (Å²) in [5, 5.41) is 1.28. The minimum absolute atomic E-state index is 0.259. The summed E-state index contributed by atoms with van der Waals surface area (Å²) in [5.41, 5.74) is 5.49. The van der Waals surface area contributed by atoms with E-state index in [9.17, 15) is 0 Å². The number of nitrogens with zero attached hydrogens (tertiary/aromatic N) is 2. The van der Waals surface area contributed by atoms with Gasteiger partial charge in [0.25, 0.3) is 0 Å². The molecule has 0 bridgehead atoms. The van der Waals surface area contributed by atoms with Crippen molar-refractivity contribution in [1.29, 1.82) is 0 Å². The van der Waals surface area contributed by atoms with Gasteiger partial charge in [-0.3, -0.25) is 0 Å². The van der Waals surface area contributed by atoms with Crippen molar-refractivity contribution in [2.75, 3.05) is 18.1 Å². The Bertz CT molecular complexity index is 344. The molecular weight excluding hydrogens is 234 g/mol. The Hall–Kier alpha value is -0.520. The molecule has 1 aliphatic rings. The second-order valence-corrected chi connectivity index (χ2v) is 4.74. The van der Waals surface area contributed by atoms with Crippen LogP contribution >= 0.6 is 23.4 Å². The van der Waals surface area contributed by atoms with Crippen LogP contribution in [0.15, 0.2) is 11.2 Å². The number of rotatable bonds is 3. The summed E-state index contributed by atoms with van der Waals surface area (Å²) in [6, 6.07) is 0. The minimum Gasteiger partial charge on any atom is -0.377 e. The van der Waals surface area contributed by atoms with Crippen molar-refractivity contribution >= 4 is 29.3 Å². The number of hydrogen-bond acceptors (Lipinski definition) is 5. The van der Waals surface area contributed by atoms with Crippen molar-refractivity contribution in [3.8, 4) is 0 Å². The van der Waals surface area contributed by atoms with Gasteiger partial charge in [0.15, 0.2) is 0 Å². The molecule has 2 heterocycles. The highest BCUT2D eigenvalue weighted by Gasteiger charge is 2.16. The van der Waals surface area contributed by atoms with E-state index in [1.165, 1.54) is 6.20 Å². The minimum atomic E-state index is 0.259. The zero-order valence-corrected chi connectivity index (χ0v) is 9.72. The number of thioether (sulfide) groups is 1. The predicted octanol–water partition coefficient (Wildman–Crippen LogP) is 1.98. The molecule has 1 saturated heterocycles. The quantitative estimate of drug-likeness (QED) is 0.652. The van der Waals surface area contributed by atoms with Crippen LogP contribution in [-0.2, 0) is 4.74 Å². The van der Waals surface area contributed by atoms with Crippen LogP contribution in [0.2, 0.25) is 5.02 Å². The van der Waals surface area contributed by atoms with Gasteiger partial charge in [-0.15, -0.1) is 11.8 Å². The smallest absolute Gasteiger partial charge is 0.221 e. The van der Waals surface area contributed by atoms with Crippen molar-refractivity contribution in [2.45, 2.75) is 24.0 Å². The van der Waals surface area contributed by atoms with Gasteiger partial charge in [0, 0.05) is 12.4 Å². The molecule has 2 rings (SSSR count). The van der Waals surface area contributed by atoms with Crippen LogP contribution in [0.4, 0.5) is 5.95 Å². The van der Waals surface area contributed by atoms with E-state index in [2.05, 4.69) is 9.97 Å². The molecule has 0 aromatic carbocycles. The van der Waals surface area contributed by atoms with Crippen LogP contribution in [0.1, 0.15) is 12.8 Å². The number of halogens is 1. The number of nitrogens with two attached hydrogens (primary N) is 1. The second-order valence-electron chi connectivity index (χ2n) is 3.33. The van der Waals surface area contributed by atoms with Crippen LogP contribution in [-0.4, -0.2) is 28.4 Å². The van der Waals surface area contributed by atoms with Gasteiger partial charge in [-0.2, -0.15) is 0 Å². The summed E-state index contributed by atoms with van der Waals surface area (Å²) in [6.45, 7) is 0.866. The average Bonchev–Trinajstić information content (AvgIpc) is 2.72. The monoisotopic (exact) mass is 245 g/mol. The van der Waals surface area contributed by atoms with Gasteiger partial charge in [-0.05, 0) is 12.8 Å². The lowest BCUT2D eigenvalue weighted by Crippen LogP contribution is -2.08. The highest BCUT2D eigenvalue weighted by Crippen LogP contribution is 2.27. The topological polar surface area (TPSA) is 61.0 Å². The fraction of sp³-hybridized carbons (Fsp3) is 0.556. The third-order valence-electron chi connectivity index (χ3n) is 2.16. The van der Waals surface area contributed by atoms with Gasteiger partial charge < -0.3 is 10.5 Å². The van der Waals surface area contributed by atoms with E-state index >= 15 is 0 Å². The van der Waals surface area contributed by atoms with Crippen molar-refractivity contribution in [3.05, 3.63) is 11.2 Å². The Labute approximate surface area is 97.6 Å². The zero-order chi connectivity index (χ0) is 10.7. The normalized spacial score (nSPS) is 20.7. The van der Waals surface area contributed by atoms with Crippen LogP contribution in [0.25, 0.3) is 0 Å². The maximum absolute atomic E-state index is 5.94. The van der Waals surface area contributed by atoms with Gasteiger partial charge in [0.05, 0.1) is 17.3 Å². The van der Waals surface area contributed by atoms with E-state index in [1.807, 2.05) is 0 Å². The summed E-state index contributed by atoms with van der Waals surface area (Å²) >= 11 is 7.51. The van der Waals surface area contributed by atoms with E-state index in [1.54, 1.807) is 11.8 Å². The molecule has 2 N–H and O–H groups in total. The molecule has 82 valence electrons. The number of ether oxygens (including phenoxy) is 1. The molecule has 0 amide bonds. The molecule has 4 nitrogen and oxygen atoms in total. The van der Waals surface area contributed by atoms with Crippen LogP contribution in [0.5, 0.6) is 0 Å². The zero-order valence-electron chi connectivity index (χ0n) is 8.15. The summed E-state index contributed by atoms with van der Waals surface area (Å²) in [4.78, 5) is 7.89. The molecule has 1 fully saturated rings. The number of aromatic nitrogens is 2. The second kappa shape index (κ2) is 5.01. The summed E-state index contributed by atoms with van der Waals surface area (Å²) < 4.78 is 5.51. The number of hydrogen-bond donors (Lipinski definition) is 1. The van der Waals surface area contributed by atoms with Crippen LogP contribution in [0.3, 0.4) is 0 Å². The van der Waals surface area contributed by atoms with Crippen molar-refractivity contribution in [1.82, 2.24) is 9.97 Å². The Balaban J connectivity index is 1.94. The molecular formula is C9H12ClN3OS. The molecule has 0 saturated carbocycles. The van der Waals surface area contributed by atoms with E-state index in [0.29, 0.717) is 11.1 Å². The first-order valence-corrected chi connectivity index (χ1v) is 6.14. The lowest BCUT2D eigenvalue weighted by Gasteiger charge is -2.08. The van der Waals surface area contributed by atoms with Gasteiger partial charge in [-0.25, -0.2) is 9.97 Å².